The Morgan fingerprint density at radius 1 is 0.920 bits per heavy atom. The monoisotopic (exact) mass is 364 g/mol. The van der Waals surface area contributed by atoms with Crippen LogP contribution in [0.3, 0.4) is 0 Å². The average Bonchev–Trinajstić information content (AvgIpc) is 2.34. The Balaban J connectivity index is 0. The molecule has 0 saturated heterocycles. The highest BCUT2D eigenvalue weighted by atomic mass is 16.6. The normalized spacial score (nSPS) is 12.1. The lowest BCUT2D eigenvalue weighted by Crippen LogP contribution is -2.46. The van der Waals surface area contributed by atoms with Crippen molar-refractivity contribution < 1.29 is 38.9 Å². The second-order valence-electron chi connectivity index (χ2n) is 6.92. The summed E-state index contributed by atoms with van der Waals surface area (Å²) in [7, 11) is 0. The van der Waals surface area contributed by atoms with Crippen molar-refractivity contribution in [2.24, 2.45) is 5.73 Å². The van der Waals surface area contributed by atoms with Gasteiger partial charge in [-0.2, -0.15) is 0 Å². The minimum absolute atomic E-state index is 0.264. The molecule has 1 unspecified atom stereocenters. The molecular formula is C15H28N2O8. The van der Waals surface area contributed by atoms with E-state index in [1.807, 2.05) is 0 Å². The van der Waals surface area contributed by atoms with E-state index in [0.29, 0.717) is 6.42 Å². The maximum Gasteiger partial charge on any atom is 0.414 e. The van der Waals surface area contributed by atoms with Crippen LogP contribution >= 0.6 is 0 Å². The fourth-order valence-corrected chi connectivity index (χ4v) is 1.24. The fraction of sp³-hybridized carbons (Fsp3) is 0.733. The summed E-state index contributed by atoms with van der Waals surface area (Å²) < 4.78 is 10.3. The summed E-state index contributed by atoms with van der Waals surface area (Å²) in [6.45, 7) is 10.8. The van der Waals surface area contributed by atoms with Gasteiger partial charge in [-0.25, -0.2) is 19.2 Å². The molecular weight excluding hydrogens is 336 g/mol. The number of alkyl carbamates (subject to hydrolysis) is 1. The zero-order valence-electron chi connectivity index (χ0n) is 15.4. The highest BCUT2D eigenvalue weighted by Gasteiger charge is 2.27. The summed E-state index contributed by atoms with van der Waals surface area (Å²) in [5.41, 5.74) is 4.20. The maximum atomic E-state index is 11.9. The number of carbonyl (C=O) groups excluding carboxylic acids is 2. The standard InChI is InChI=1S/C13H26N2O4.C2H2O4/c1-12(2,3)18-10(16)9(7-8-14)15-11(17)19-13(4,5)6;3-1(4)2(5)6/h9H,7-8,14H2,1-6H3,(H,15,17);(H,3,4)(H,5,6). The molecule has 1 atom stereocenters. The Bertz CT molecular complexity index is 465. The van der Waals surface area contributed by atoms with Crippen LogP contribution in [0, 0.1) is 0 Å². The van der Waals surface area contributed by atoms with Crippen LogP contribution in [0.2, 0.25) is 0 Å². The molecule has 10 nitrogen and oxygen atoms in total. The highest BCUT2D eigenvalue weighted by Crippen LogP contribution is 2.11. The molecule has 0 spiro atoms. The van der Waals surface area contributed by atoms with Crippen LogP contribution in [-0.2, 0) is 23.9 Å². The summed E-state index contributed by atoms with van der Waals surface area (Å²) in [4.78, 5) is 41.7. The third-order valence-corrected chi connectivity index (χ3v) is 2.02. The van der Waals surface area contributed by atoms with Crippen molar-refractivity contribution in [2.75, 3.05) is 6.54 Å². The van der Waals surface area contributed by atoms with Crippen molar-refractivity contribution in [3.8, 4) is 0 Å². The molecule has 0 bridgehead atoms. The minimum atomic E-state index is -1.82. The lowest BCUT2D eigenvalue weighted by Gasteiger charge is -2.26. The molecule has 146 valence electrons. The second kappa shape index (κ2) is 10.5. The molecule has 0 aromatic carbocycles. The van der Waals surface area contributed by atoms with Gasteiger partial charge >= 0.3 is 24.0 Å². The number of amides is 1. The summed E-state index contributed by atoms with van der Waals surface area (Å²) in [5.74, 6) is -4.16. The molecule has 0 fully saturated rings. The first-order chi connectivity index (χ1) is 11.1. The number of rotatable bonds is 4. The van der Waals surface area contributed by atoms with Crippen LogP contribution in [0.5, 0.6) is 0 Å². The Hall–Kier alpha value is -2.36. The molecule has 0 aliphatic heterocycles. The van der Waals surface area contributed by atoms with Crippen molar-refractivity contribution in [3.05, 3.63) is 0 Å². The van der Waals surface area contributed by atoms with E-state index in [1.54, 1.807) is 41.5 Å². The van der Waals surface area contributed by atoms with E-state index in [4.69, 9.17) is 35.0 Å². The molecule has 5 N–H and O–H groups in total. The minimum Gasteiger partial charge on any atom is -0.473 e. The van der Waals surface area contributed by atoms with E-state index >= 15 is 0 Å². The molecule has 0 rings (SSSR count). The molecule has 1 amide bonds. The Kier molecular flexibility index (Phi) is 10.4. The smallest absolute Gasteiger partial charge is 0.414 e. The number of nitrogens with one attached hydrogen (secondary N) is 1. The van der Waals surface area contributed by atoms with Crippen molar-refractivity contribution >= 4 is 24.0 Å². The number of ether oxygens (including phenoxy) is 2. The van der Waals surface area contributed by atoms with Gasteiger partial charge in [-0.3, -0.25) is 0 Å². The Morgan fingerprint density at radius 3 is 1.60 bits per heavy atom. The topological polar surface area (TPSA) is 165 Å². The van der Waals surface area contributed by atoms with Crippen LogP contribution in [0.4, 0.5) is 4.79 Å². The first kappa shape index (κ1) is 24.9. The van der Waals surface area contributed by atoms with Crippen LogP contribution in [0.25, 0.3) is 0 Å². The van der Waals surface area contributed by atoms with E-state index < -0.39 is 41.2 Å². The molecule has 0 heterocycles. The van der Waals surface area contributed by atoms with E-state index in [1.165, 1.54) is 0 Å². The van der Waals surface area contributed by atoms with Crippen molar-refractivity contribution in [2.45, 2.75) is 65.2 Å². The van der Waals surface area contributed by atoms with Gasteiger partial charge in [0.05, 0.1) is 0 Å². The largest absolute Gasteiger partial charge is 0.473 e. The third-order valence-electron chi connectivity index (χ3n) is 2.02. The summed E-state index contributed by atoms with van der Waals surface area (Å²) >= 11 is 0. The van der Waals surface area contributed by atoms with Crippen LogP contribution in [0.1, 0.15) is 48.0 Å². The predicted molar refractivity (Wildman–Crippen MR) is 87.9 cm³/mol. The van der Waals surface area contributed by atoms with Gasteiger partial charge in [-0.15, -0.1) is 0 Å². The van der Waals surface area contributed by atoms with Gasteiger partial charge in [0.25, 0.3) is 0 Å². The zero-order chi connectivity index (χ0) is 20.4. The Labute approximate surface area is 146 Å². The first-order valence-corrected chi connectivity index (χ1v) is 7.47. The van der Waals surface area contributed by atoms with Gasteiger partial charge in [0.1, 0.15) is 17.2 Å². The number of nitrogens with two attached hydrogens (primary N) is 1. The average molecular weight is 364 g/mol. The maximum absolute atomic E-state index is 11.9. The lowest BCUT2D eigenvalue weighted by molar-refractivity contribution is -0.159. The van der Waals surface area contributed by atoms with Gasteiger partial charge in [0, 0.05) is 0 Å². The number of carbonyl (C=O) groups is 4. The van der Waals surface area contributed by atoms with Gasteiger partial charge in [0.2, 0.25) is 0 Å². The van der Waals surface area contributed by atoms with Gasteiger partial charge in [-0.1, -0.05) is 0 Å². The SMILES string of the molecule is CC(C)(C)OC(=O)NC(CCN)C(=O)OC(C)(C)C.O=C(O)C(=O)O. The molecule has 10 heteroatoms. The van der Waals surface area contributed by atoms with E-state index in [9.17, 15) is 9.59 Å². The summed E-state index contributed by atoms with van der Waals surface area (Å²) in [5, 5.41) is 17.3. The highest BCUT2D eigenvalue weighted by molar-refractivity contribution is 6.27. The number of hydrogen-bond acceptors (Lipinski definition) is 7. The van der Waals surface area contributed by atoms with Gasteiger partial charge in [0.15, 0.2) is 0 Å². The van der Waals surface area contributed by atoms with Crippen LogP contribution in [0.15, 0.2) is 0 Å². The Morgan fingerprint density at radius 2 is 1.32 bits per heavy atom. The first-order valence-electron chi connectivity index (χ1n) is 7.47. The third kappa shape index (κ3) is 16.3. The predicted octanol–water partition coefficient (Wildman–Crippen LogP) is 0.726. The van der Waals surface area contributed by atoms with Gasteiger partial charge in [-0.05, 0) is 54.5 Å². The lowest BCUT2D eigenvalue weighted by atomic mass is 10.1. The van der Waals surface area contributed by atoms with Crippen molar-refractivity contribution in [3.63, 3.8) is 0 Å². The molecule has 0 aromatic heterocycles. The molecule has 0 aliphatic rings. The van der Waals surface area contributed by atoms with Gasteiger partial charge < -0.3 is 30.7 Å². The quantitative estimate of drug-likeness (QED) is 0.415. The number of carboxylic acid groups (broad SMARTS) is 2. The van der Waals surface area contributed by atoms with Crippen LogP contribution in [-0.4, -0.2) is 58.0 Å². The molecule has 0 aromatic rings. The molecule has 0 radical (unpaired) electrons. The molecule has 25 heavy (non-hydrogen) atoms. The van der Waals surface area contributed by atoms with Crippen molar-refractivity contribution in [1.82, 2.24) is 5.32 Å². The van der Waals surface area contributed by atoms with Crippen molar-refractivity contribution in [1.29, 1.82) is 0 Å². The number of hydrogen-bond donors (Lipinski definition) is 4. The van der Waals surface area contributed by atoms with Crippen LogP contribution < -0.4 is 11.1 Å². The summed E-state index contributed by atoms with van der Waals surface area (Å²) in [6, 6.07) is -0.793. The fourth-order valence-electron chi connectivity index (χ4n) is 1.24. The molecule has 0 aliphatic carbocycles. The zero-order valence-corrected chi connectivity index (χ0v) is 15.4. The molecule has 0 saturated carbocycles. The second-order valence-corrected chi connectivity index (χ2v) is 6.92. The number of esters is 1. The van der Waals surface area contributed by atoms with E-state index in [0.717, 1.165) is 0 Å². The van der Waals surface area contributed by atoms with E-state index in [2.05, 4.69) is 5.32 Å². The van der Waals surface area contributed by atoms with E-state index in [-0.39, 0.29) is 6.54 Å². The number of aliphatic carboxylic acids is 2. The number of carboxylic acids is 2. The summed E-state index contributed by atoms with van der Waals surface area (Å²) in [6.07, 6.45) is -0.356.